The van der Waals surface area contributed by atoms with Crippen molar-refractivity contribution in [1.82, 2.24) is 10.6 Å². The lowest BCUT2D eigenvalue weighted by atomic mass is 10.0. The fourth-order valence-corrected chi connectivity index (χ4v) is 1.67. The van der Waals surface area contributed by atoms with Crippen molar-refractivity contribution in [2.45, 2.75) is 26.8 Å². The smallest absolute Gasteiger partial charge is 0.233 e. The zero-order valence-corrected chi connectivity index (χ0v) is 10.9. The van der Waals surface area contributed by atoms with Crippen LogP contribution in [0.3, 0.4) is 0 Å². The Bertz CT molecular complexity index is 344. The maximum Gasteiger partial charge on any atom is 0.233 e. The minimum Gasteiger partial charge on any atom is -0.358 e. The van der Waals surface area contributed by atoms with E-state index < -0.39 is 0 Å². The van der Waals surface area contributed by atoms with E-state index in [0.717, 1.165) is 13.0 Å². The molecule has 0 aliphatic rings. The summed E-state index contributed by atoms with van der Waals surface area (Å²) in [6, 6.07) is 8.57. The van der Waals surface area contributed by atoms with Gasteiger partial charge in [0.15, 0.2) is 0 Å². The standard InChI is InChI=1S/C14H22N2O/c1-11(2)8-12-4-6-13(7-5-12)9-16-10-14(17)15-3/h4-7,11,16H,8-10H2,1-3H3,(H,15,17). The number of carbonyl (C=O) groups excluding carboxylic acids is 1. The lowest BCUT2D eigenvalue weighted by Gasteiger charge is -2.07. The van der Waals surface area contributed by atoms with Crippen LogP contribution < -0.4 is 10.6 Å². The predicted octanol–water partition coefficient (Wildman–Crippen LogP) is 1.72. The van der Waals surface area contributed by atoms with Gasteiger partial charge in [-0.3, -0.25) is 4.79 Å². The van der Waals surface area contributed by atoms with Gasteiger partial charge in [0, 0.05) is 13.6 Å². The van der Waals surface area contributed by atoms with Gasteiger partial charge in [-0.05, 0) is 23.5 Å². The van der Waals surface area contributed by atoms with Gasteiger partial charge in [-0.25, -0.2) is 0 Å². The Labute approximate surface area is 104 Å². The lowest BCUT2D eigenvalue weighted by Crippen LogP contribution is -2.30. The van der Waals surface area contributed by atoms with Crippen molar-refractivity contribution in [1.29, 1.82) is 0 Å². The van der Waals surface area contributed by atoms with Crippen LogP contribution in [0, 0.1) is 5.92 Å². The van der Waals surface area contributed by atoms with Crippen LogP contribution in [-0.2, 0) is 17.8 Å². The Morgan fingerprint density at radius 2 is 1.76 bits per heavy atom. The van der Waals surface area contributed by atoms with Gasteiger partial charge in [0.2, 0.25) is 5.91 Å². The number of amides is 1. The Hall–Kier alpha value is -1.35. The average molecular weight is 234 g/mol. The molecule has 1 aromatic carbocycles. The van der Waals surface area contributed by atoms with E-state index >= 15 is 0 Å². The fraction of sp³-hybridized carbons (Fsp3) is 0.500. The van der Waals surface area contributed by atoms with E-state index in [1.807, 2.05) is 0 Å². The third-order valence-electron chi connectivity index (χ3n) is 2.56. The van der Waals surface area contributed by atoms with Crippen LogP contribution in [0.15, 0.2) is 24.3 Å². The van der Waals surface area contributed by atoms with Gasteiger partial charge in [-0.1, -0.05) is 38.1 Å². The number of likely N-dealkylation sites (N-methyl/N-ethyl adjacent to an activating group) is 1. The third-order valence-corrected chi connectivity index (χ3v) is 2.56. The van der Waals surface area contributed by atoms with E-state index in [-0.39, 0.29) is 5.91 Å². The second kappa shape index (κ2) is 7.07. The van der Waals surface area contributed by atoms with Crippen molar-refractivity contribution in [2.75, 3.05) is 13.6 Å². The molecule has 1 aromatic rings. The minimum absolute atomic E-state index is 0.0152. The Morgan fingerprint density at radius 3 is 2.29 bits per heavy atom. The molecule has 94 valence electrons. The molecule has 0 saturated heterocycles. The molecule has 3 nitrogen and oxygen atoms in total. The highest BCUT2D eigenvalue weighted by atomic mass is 16.1. The Balaban J connectivity index is 2.37. The SMILES string of the molecule is CNC(=O)CNCc1ccc(CC(C)C)cc1. The summed E-state index contributed by atoms with van der Waals surface area (Å²) in [7, 11) is 1.64. The molecule has 1 amide bonds. The van der Waals surface area contributed by atoms with Gasteiger partial charge in [0.1, 0.15) is 0 Å². The predicted molar refractivity (Wildman–Crippen MR) is 70.8 cm³/mol. The first-order valence-corrected chi connectivity index (χ1v) is 6.11. The average Bonchev–Trinajstić information content (AvgIpc) is 2.30. The van der Waals surface area contributed by atoms with Crippen LogP contribution in [0.4, 0.5) is 0 Å². The topological polar surface area (TPSA) is 41.1 Å². The first-order chi connectivity index (χ1) is 8.11. The molecular formula is C14H22N2O. The van der Waals surface area contributed by atoms with Crippen molar-refractivity contribution in [2.24, 2.45) is 5.92 Å². The molecule has 0 radical (unpaired) electrons. The summed E-state index contributed by atoms with van der Waals surface area (Å²) in [6.07, 6.45) is 1.12. The lowest BCUT2D eigenvalue weighted by molar-refractivity contribution is -0.119. The molecule has 0 unspecified atom stereocenters. The van der Waals surface area contributed by atoms with E-state index in [4.69, 9.17) is 0 Å². The highest BCUT2D eigenvalue weighted by Crippen LogP contribution is 2.09. The summed E-state index contributed by atoms with van der Waals surface area (Å²) in [6.45, 7) is 5.54. The summed E-state index contributed by atoms with van der Waals surface area (Å²) in [5, 5.41) is 5.68. The first-order valence-electron chi connectivity index (χ1n) is 6.11. The second-order valence-electron chi connectivity index (χ2n) is 4.69. The van der Waals surface area contributed by atoms with Crippen LogP contribution in [0.1, 0.15) is 25.0 Å². The molecule has 0 fully saturated rings. The quantitative estimate of drug-likeness (QED) is 0.787. The van der Waals surface area contributed by atoms with E-state index in [1.54, 1.807) is 7.05 Å². The highest BCUT2D eigenvalue weighted by Gasteiger charge is 1.99. The largest absolute Gasteiger partial charge is 0.358 e. The summed E-state index contributed by atoms with van der Waals surface area (Å²) in [5.74, 6) is 0.702. The number of benzene rings is 1. The molecule has 0 spiro atoms. The molecule has 0 bridgehead atoms. The van der Waals surface area contributed by atoms with E-state index in [9.17, 15) is 4.79 Å². The summed E-state index contributed by atoms with van der Waals surface area (Å²) < 4.78 is 0. The Kier molecular flexibility index (Phi) is 5.70. The molecule has 0 aromatic heterocycles. The van der Waals surface area contributed by atoms with Crippen molar-refractivity contribution in [3.05, 3.63) is 35.4 Å². The van der Waals surface area contributed by atoms with Gasteiger partial charge in [0.05, 0.1) is 6.54 Å². The highest BCUT2D eigenvalue weighted by molar-refractivity contribution is 5.77. The van der Waals surface area contributed by atoms with Crippen LogP contribution in [0.25, 0.3) is 0 Å². The molecule has 0 aliphatic carbocycles. The zero-order valence-electron chi connectivity index (χ0n) is 10.9. The van der Waals surface area contributed by atoms with Crippen LogP contribution >= 0.6 is 0 Å². The maximum atomic E-state index is 11.0. The fourth-order valence-electron chi connectivity index (χ4n) is 1.67. The first kappa shape index (κ1) is 13.7. The van der Waals surface area contributed by atoms with Crippen molar-refractivity contribution < 1.29 is 4.79 Å². The minimum atomic E-state index is 0.0152. The number of nitrogens with one attached hydrogen (secondary N) is 2. The second-order valence-corrected chi connectivity index (χ2v) is 4.69. The maximum absolute atomic E-state index is 11.0. The van der Waals surface area contributed by atoms with Crippen molar-refractivity contribution in [3.8, 4) is 0 Å². The number of hydrogen-bond acceptors (Lipinski definition) is 2. The third kappa shape index (κ3) is 5.50. The van der Waals surface area contributed by atoms with Gasteiger partial charge in [-0.2, -0.15) is 0 Å². The molecule has 3 heteroatoms. The van der Waals surface area contributed by atoms with Crippen LogP contribution in [0.2, 0.25) is 0 Å². The van der Waals surface area contributed by atoms with Gasteiger partial charge in [-0.15, -0.1) is 0 Å². The molecule has 0 saturated carbocycles. The van der Waals surface area contributed by atoms with Gasteiger partial charge >= 0.3 is 0 Å². The van der Waals surface area contributed by atoms with E-state index in [1.165, 1.54) is 11.1 Å². The van der Waals surface area contributed by atoms with Crippen LogP contribution in [0.5, 0.6) is 0 Å². The zero-order chi connectivity index (χ0) is 12.7. The van der Waals surface area contributed by atoms with Gasteiger partial charge < -0.3 is 10.6 Å². The molecule has 17 heavy (non-hydrogen) atoms. The normalized spacial score (nSPS) is 10.6. The molecule has 1 rings (SSSR count). The summed E-state index contributed by atoms with van der Waals surface area (Å²) in [5.41, 5.74) is 2.58. The number of carbonyl (C=O) groups is 1. The summed E-state index contributed by atoms with van der Waals surface area (Å²) >= 11 is 0. The molecule has 0 atom stereocenters. The summed E-state index contributed by atoms with van der Waals surface area (Å²) in [4.78, 5) is 11.0. The number of rotatable bonds is 6. The van der Waals surface area contributed by atoms with Crippen molar-refractivity contribution in [3.63, 3.8) is 0 Å². The monoisotopic (exact) mass is 234 g/mol. The van der Waals surface area contributed by atoms with Crippen LogP contribution in [-0.4, -0.2) is 19.5 Å². The molecule has 2 N–H and O–H groups in total. The van der Waals surface area contributed by atoms with E-state index in [0.29, 0.717) is 12.5 Å². The van der Waals surface area contributed by atoms with E-state index in [2.05, 4.69) is 48.7 Å². The Morgan fingerprint density at radius 1 is 1.18 bits per heavy atom. The van der Waals surface area contributed by atoms with Crippen molar-refractivity contribution >= 4 is 5.91 Å². The molecule has 0 heterocycles. The number of hydrogen-bond donors (Lipinski definition) is 2. The van der Waals surface area contributed by atoms with Gasteiger partial charge in [0.25, 0.3) is 0 Å². The molecule has 0 aliphatic heterocycles. The molecular weight excluding hydrogens is 212 g/mol.